The van der Waals surface area contributed by atoms with Crippen molar-refractivity contribution >= 4 is 17.1 Å². The first-order chi connectivity index (χ1) is 10.7. The average Bonchev–Trinajstić information content (AvgIpc) is 2.51. The second-order valence-corrected chi connectivity index (χ2v) is 5.00. The minimum absolute atomic E-state index is 0.417. The Morgan fingerprint density at radius 1 is 0.682 bits per heavy atom. The van der Waals surface area contributed by atoms with Crippen LogP contribution >= 0.6 is 0 Å². The number of fused-ring (bicyclic) bond motifs is 2. The molecule has 3 aromatic carbocycles. The standard InChI is InChI=1S/C18H11F2NO/c19-12-9-13(20)11-14(10-12)21-15-5-1-3-7-17(15)22-18-8-4-2-6-16(18)21/h1-11H. The van der Waals surface area contributed by atoms with Crippen molar-refractivity contribution in [2.45, 2.75) is 0 Å². The van der Waals surface area contributed by atoms with Crippen molar-refractivity contribution in [2.24, 2.45) is 0 Å². The maximum absolute atomic E-state index is 13.6. The Hall–Kier alpha value is -2.88. The predicted octanol–water partition coefficient (Wildman–Crippen LogP) is 5.54. The summed E-state index contributed by atoms with van der Waals surface area (Å²) >= 11 is 0. The lowest BCUT2D eigenvalue weighted by Gasteiger charge is -2.32. The molecule has 0 saturated carbocycles. The van der Waals surface area contributed by atoms with E-state index in [9.17, 15) is 8.78 Å². The molecule has 0 aromatic heterocycles. The molecule has 0 aliphatic carbocycles. The highest BCUT2D eigenvalue weighted by Gasteiger charge is 2.25. The van der Waals surface area contributed by atoms with Crippen LogP contribution in [0.1, 0.15) is 0 Å². The van der Waals surface area contributed by atoms with Gasteiger partial charge in [-0.3, -0.25) is 0 Å². The first-order valence-electron chi connectivity index (χ1n) is 6.84. The van der Waals surface area contributed by atoms with Crippen molar-refractivity contribution in [1.29, 1.82) is 0 Å². The van der Waals surface area contributed by atoms with Crippen LogP contribution in [0.3, 0.4) is 0 Å². The Morgan fingerprint density at radius 3 is 1.73 bits per heavy atom. The summed E-state index contributed by atoms with van der Waals surface area (Å²) in [7, 11) is 0. The molecule has 0 spiro atoms. The van der Waals surface area contributed by atoms with Crippen LogP contribution in [0.15, 0.2) is 66.7 Å². The summed E-state index contributed by atoms with van der Waals surface area (Å²) in [6.45, 7) is 0. The number of hydrogen-bond donors (Lipinski definition) is 0. The maximum Gasteiger partial charge on any atom is 0.151 e. The third-order valence-corrected chi connectivity index (χ3v) is 3.54. The average molecular weight is 295 g/mol. The molecule has 0 fully saturated rings. The van der Waals surface area contributed by atoms with Crippen LogP contribution in [0.4, 0.5) is 25.8 Å². The molecule has 22 heavy (non-hydrogen) atoms. The van der Waals surface area contributed by atoms with Crippen molar-refractivity contribution in [3.8, 4) is 11.5 Å². The number of ether oxygens (including phenoxy) is 1. The van der Waals surface area contributed by atoms with Gasteiger partial charge in [0.15, 0.2) is 11.5 Å². The molecular formula is C18H11F2NO. The quantitative estimate of drug-likeness (QED) is 0.457. The van der Waals surface area contributed by atoms with Crippen molar-refractivity contribution < 1.29 is 13.5 Å². The minimum atomic E-state index is -0.614. The Kier molecular flexibility index (Phi) is 2.82. The molecule has 3 aromatic rings. The Bertz CT molecular complexity index is 797. The second kappa shape index (κ2) is 4.84. The van der Waals surface area contributed by atoms with E-state index in [1.54, 1.807) is 4.90 Å². The van der Waals surface area contributed by atoms with E-state index in [1.807, 2.05) is 48.5 Å². The molecule has 4 rings (SSSR count). The van der Waals surface area contributed by atoms with E-state index in [0.29, 0.717) is 17.2 Å². The van der Waals surface area contributed by atoms with E-state index in [2.05, 4.69) is 0 Å². The molecule has 0 atom stereocenters. The molecular weight excluding hydrogens is 284 g/mol. The summed E-state index contributed by atoms with van der Waals surface area (Å²) in [5.74, 6) is 0.0599. The van der Waals surface area contributed by atoms with E-state index in [4.69, 9.17) is 4.74 Å². The molecule has 4 heteroatoms. The minimum Gasteiger partial charge on any atom is -0.453 e. The fraction of sp³-hybridized carbons (Fsp3) is 0. The molecule has 1 aliphatic heterocycles. The highest BCUT2D eigenvalue weighted by Crippen LogP contribution is 2.50. The van der Waals surface area contributed by atoms with Gasteiger partial charge in [-0.25, -0.2) is 8.78 Å². The summed E-state index contributed by atoms with van der Waals surface area (Å²) < 4.78 is 33.1. The van der Waals surface area contributed by atoms with E-state index < -0.39 is 11.6 Å². The predicted molar refractivity (Wildman–Crippen MR) is 81.1 cm³/mol. The van der Waals surface area contributed by atoms with Gasteiger partial charge in [-0.15, -0.1) is 0 Å². The van der Waals surface area contributed by atoms with Gasteiger partial charge >= 0.3 is 0 Å². The van der Waals surface area contributed by atoms with Crippen LogP contribution in [-0.2, 0) is 0 Å². The molecule has 0 amide bonds. The first-order valence-corrected chi connectivity index (χ1v) is 6.84. The third-order valence-electron chi connectivity index (χ3n) is 3.54. The van der Waals surface area contributed by atoms with E-state index in [-0.39, 0.29) is 0 Å². The maximum atomic E-state index is 13.6. The van der Waals surface area contributed by atoms with Gasteiger partial charge in [-0.1, -0.05) is 24.3 Å². The van der Waals surface area contributed by atoms with E-state index >= 15 is 0 Å². The van der Waals surface area contributed by atoms with Gasteiger partial charge in [0.05, 0.1) is 17.1 Å². The zero-order valence-corrected chi connectivity index (χ0v) is 11.5. The molecule has 1 aliphatic rings. The van der Waals surface area contributed by atoms with E-state index in [1.165, 1.54) is 12.1 Å². The molecule has 1 heterocycles. The van der Waals surface area contributed by atoms with Crippen LogP contribution < -0.4 is 9.64 Å². The van der Waals surface area contributed by atoms with E-state index in [0.717, 1.165) is 17.4 Å². The number of halogens is 2. The van der Waals surface area contributed by atoms with Gasteiger partial charge < -0.3 is 9.64 Å². The zero-order valence-electron chi connectivity index (χ0n) is 11.5. The number of nitrogens with zero attached hydrogens (tertiary/aromatic N) is 1. The fourth-order valence-electron chi connectivity index (χ4n) is 2.65. The second-order valence-electron chi connectivity index (χ2n) is 5.00. The molecule has 0 radical (unpaired) electrons. The van der Waals surface area contributed by atoms with Crippen LogP contribution in [0.25, 0.3) is 0 Å². The normalized spacial score (nSPS) is 12.4. The lowest BCUT2D eigenvalue weighted by atomic mass is 10.1. The number of para-hydroxylation sites is 4. The Labute approximate surface area is 126 Å². The topological polar surface area (TPSA) is 12.5 Å². The number of anilines is 3. The lowest BCUT2D eigenvalue weighted by Crippen LogP contribution is -2.16. The molecule has 2 nitrogen and oxygen atoms in total. The van der Waals surface area contributed by atoms with Gasteiger partial charge in [0.1, 0.15) is 11.6 Å². The van der Waals surface area contributed by atoms with Crippen LogP contribution in [0, 0.1) is 11.6 Å². The highest BCUT2D eigenvalue weighted by atomic mass is 19.1. The summed E-state index contributed by atoms with van der Waals surface area (Å²) in [6, 6.07) is 18.3. The summed E-state index contributed by atoms with van der Waals surface area (Å²) in [5.41, 5.74) is 1.90. The number of rotatable bonds is 1. The zero-order chi connectivity index (χ0) is 15.1. The van der Waals surface area contributed by atoms with Crippen LogP contribution in [0.2, 0.25) is 0 Å². The first kappa shape index (κ1) is 12.8. The highest BCUT2D eigenvalue weighted by molar-refractivity contribution is 5.85. The molecule has 0 bridgehead atoms. The Balaban J connectivity index is 1.98. The molecule has 0 saturated heterocycles. The van der Waals surface area contributed by atoms with Gasteiger partial charge in [0.25, 0.3) is 0 Å². The number of benzene rings is 3. The van der Waals surface area contributed by atoms with Crippen LogP contribution in [0.5, 0.6) is 11.5 Å². The van der Waals surface area contributed by atoms with Crippen molar-refractivity contribution in [3.63, 3.8) is 0 Å². The smallest absolute Gasteiger partial charge is 0.151 e. The fourth-order valence-corrected chi connectivity index (χ4v) is 2.65. The largest absolute Gasteiger partial charge is 0.453 e. The monoisotopic (exact) mass is 295 g/mol. The van der Waals surface area contributed by atoms with Crippen molar-refractivity contribution in [2.75, 3.05) is 4.90 Å². The summed E-state index contributed by atoms with van der Waals surface area (Å²) in [5, 5.41) is 0. The lowest BCUT2D eigenvalue weighted by molar-refractivity contribution is 0.476. The number of hydrogen-bond acceptors (Lipinski definition) is 2. The summed E-state index contributed by atoms with van der Waals surface area (Å²) in [4.78, 5) is 1.79. The van der Waals surface area contributed by atoms with Crippen molar-refractivity contribution in [1.82, 2.24) is 0 Å². The van der Waals surface area contributed by atoms with Gasteiger partial charge in [0.2, 0.25) is 0 Å². The molecule has 0 unspecified atom stereocenters. The third kappa shape index (κ3) is 2.00. The summed E-state index contributed by atoms with van der Waals surface area (Å²) in [6.07, 6.45) is 0. The molecule has 0 N–H and O–H groups in total. The van der Waals surface area contributed by atoms with Gasteiger partial charge in [0, 0.05) is 6.07 Å². The Morgan fingerprint density at radius 2 is 1.18 bits per heavy atom. The molecule has 108 valence electrons. The van der Waals surface area contributed by atoms with Crippen LogP contribution in [-0.4, -0.2) is 0 Å². The van der Waals surface area contributed by atoms with Gasteiger partial charge in [-0.2, -0.15) is 0 Å². The van der Waals surface area contributed by atoms with Crippen molar-refractivity contribution in [3.05, 3.63) is 78.4 Å². The SMILES string of the molecule is Fc1cc(F)cc(N2c3ccccc3Oc3ccccc32)c1. The van der Waals surface area contributed by atoms with Gasteiger partial charge in [-0.05, 0) is 36.4 Å².